The van der Waals surface area contributed by atoms with Crippen LogP contribution in [0.1, 0.15) is 55.2 Å². The van der Waals surface area contributed by atoms with E-state index in [0.717, 1.165) is 18.8 Å². The van der Waals surface area contributed by atoms with Gasteiger partial charge >= 0.3 is 0 Å². The molecule has 2 aliphatic rings. The van der Waals surface area contributed by atoms with Crippen molar-refractivity contribution in [2.24, 2.45) is 5.92 Å². The fourth-order valence-corrected chi connectivity index (χ4v) is 4.58. The summed E-state index contributed by atoms with van der Waals surface area (Å²) in [4.78, 5) is 15.4. The molecule has 4 rings (SSSR count). The van der Waals surface area contributed by atoms with E-state index in [9.17, 15) is 4.79 Å². The number of hydrogen-bond donors (Lipinski definition) is 1. The molecule has 0 bridgehead atoms. The standard InChI is InChI=1S/C25H32N2O2/c1-29-22-13-11-20(12-14-22)23(19-9-10-19)17-25(28)26-18-24(27-15-5-6-16-27)21-7-3-2-4-8-21/h2-4,7-8,11-14,19,23-24H,5-6,9-10,15-18H2,1H3,(H,26,28). The quantitative estimate of drug-likeness (QED) is 0.682. The number of rotatable bonds is 9. The first-order chi connectivity index (χ1) is 14.2. The van der Waals surface area contributed by atoms with Crippen molar-refractivity contribution in [1.82, 2.24) is 10.2 Å². The van der Waals surface area contributed by atoms with Gasteiger partial charge in [0.15, 0.2) is 0 Å². The summed E-state index contributed by atoms with van der Waals surface area (Å²) >= 11 is 0. The molecule has 1 aliphatic carbocycles. The highest BCUT2D eigenvalue weighted by Gasteiger charge is 2.34. The summed E-state index contributed by atoms with van der Waals surface area (Å²) in [5, 5.41) is 3.26. The first-order valence-corrected chi connectivity index (χ1v) is 10.9. The summed E-state index contributed by atoms with van der Waals surface area (Å²) < 4.78 is 5.28. The van der Waals surface area contributed by atoms with E-state index in [1.54, 1.807) is 7.11 Å². The highest BCUT2D eigenvalue weighted by molar-refractivity contribution is 5.77. The normalized spacial score (nSPS) is 18.9. The largest absolute Gasteiger partial charge is 0.497 e. The zero-order valence-corrected chi connectivity index (χ0v) is 17.3. The van der Waals surface area contributed by atoms with Crippen molar-refractivity contribution in [2.75, 3.05) is 26.7 Å². The third kappa shape index (κ3) is 5.18. The molecule has 0 radical (unpaired) electrons. The van der Waals surface area contributed by atoms with Gasteiger partial charge in [0.2, 0.25) is 5.91 Å². The fraction of sp³-hybridized carbons (Fsp3) is 0.480. The fourth-order valence-electron chi connectivity index (χ4n) is 4.58. The predicted molar refractivity (Wildman–Crippen MR) is 116 cm³/mol. The van der Waals surface area contributed by atoms with Gasteiger partial charge in [-0.2, -0.15) is 0 Å². The van der Waals surface area contributed by atoms with Gasteiger partial charge < -0.3 is 10.1 Å². The van der Waals surface area contributed by atoms with Crippen LogP contribution in [0.2, 0.25) is 0 Å². The van der Waals surface area contributed by atoms with Gasteiger partial charge in [0.05, 0.1) is 13.2 Å². The molecule has 2 aromatic carbocycles. The molecule has 2 aromatic rings. The van der Waals surface area contributed by atoms with Crippen molar-refractivity contribution >= 4 is 5.91 Å². The molecule has 4 nitrogen and oxygen atoms in total. The van der Waals surface area contributed by atoms with E-state index in [2.05, 4.69) is 52.7 Å². The number of nitrogens with one attached hydrogen (secondary N) is 1. The minimum absolute atomic E-state index is 0.165. The van der Waals surface area contributed by atoms with Gasteiger partial charge in [-0.1, -0.05) is 42.5 Å². The van der Waals surface area contributed by atoms with Gasteiger partial charge in [0.25, 0.3) is 0 Å². The van der Waals surface area contributed by atoms with Crippen LogP contribution in [0.4, 0.5) is 0 Å². The first kappa shape index (κ1) is 20.0. The van der Waals surface area contributed by atoms with Gasteiger partial charge in [-0.05, 0) is 73.9 Å². The average molecular weight is 393 g/mol. The lowest BCUT2D eigenvalue weighted by atomic mass is 9.90. The zero-order valence-electron chi connectivity index (χ0n) is 17.3. The molecular weight excluding hydrogens is 360 g/mol. The zero-order chi connectivity index (χ0) is 20.1. The second-order valence-corrected chi connectivity index (χ2v) is 8.39. The van der Waals surface area contributed by atoms with Crippen molar-refractivity contribution in [3.8, 4) is 5.75 Å². The van der Waals surface area contributed by atoms with Crippen LogP contribution in [0.3, 0.4) is 0 Å². The van der Waals surface area contributed by atoms with Gasteiger partial charge in [-0.15, -0.1) is 0 Å². The summed E-state index contributed by atoms with van der Waals surface area (Å²) in [6.07, 6.45) is 5.52. The lowest BCUT2D eigenvalue weighted by molar-refractivity contribution is -0.121. The maximum Gasteiger partial charge on any atom is 0.220 e. The summed E-state index contributed by atoms with van der Waals surface area (Å²) in [6, 6.07) is 19.1. The average Bonchev–Trinajstić information content (AvgIpc) is 3.47. The van der Waals surface area contributed by atoms with E-state index in [0.29, 0.717) is 24.8 Å². The molecule has 4 heteroatoms. The molecule has 1 saturated heterocycles. The van der Waals surface area contributed by atoms with Crippen LogP contribution in [0.25, 0.3) is 0 Å². The number of carbonyl (C=O) groups is 1. The molecule has 2 fully saturated rings. The van der Waals surface area contributed by atoms with Gasteiger partial charge in [-0.25, -0.2) is 0 Å². The molecule has 1 heterocycles. The summed E-state index contributed by atoms with van der Waals surface area (Å²) in [5.41, 5.74) is 2.55. The number of nitrogens with zero attached hydrogens (tertiary/aromatic N) is 1. The molecule has 154 valence electrons. The Balaban J connectivity index is 1.39. The number of amides is 1. The number of ether oxygens (including phenoxy) is 1. The van der Waals surface area contributed by atoms with E-state index in [1.807, 2.05) is 12.1 Å². The maximum atomic E-state index is 12.9. The monoisotopic (exact) mass is 392 g/mol. The molecular formula is C25H32N2O2. The van der Waals surface area contributed by atoms with Crippen LogP contribution < -0.4 is 10.1 Å². The Morgan fingerprint density at radius 3 is 2.34 bits per heavy atom. The number of benzene rings is 2. The van der Waals surface area contributed by atoms with Crippen LogP contribution in [0.15, 0.2) is 54.6 Å². The Kier molecular flexibility index (Phi) is 6.50. The molecule has 1 N–H and O–H groups in total. The highest BCUT2D eigenvalue weighted by atomic mass is 16.5. The Hall–Kier alpha value is -2.33. The molecule has 1 saturated carbocycles. The molecule has 2 atom stereocenters. The molecule has 0 aromatic heterocycles. The number of methoxy groups -OCH3 is 1. The Morgan fingerprint density at radius 2 is 1.72 bits per heavy atom. The van der Waals surface area contributed by atoms with Crippen molar-refractivity contribution in [1.29, 1.82) is 0 Å². The van der Waals surface area contributed by atoms with Crippen LogP contribution in [0.5, 0.6) is 5.75 Å². The first-order valence-electron chi connectivity index (χ1n) is 10.9. The van der Waals surface area contributed by atoms with E-state index in [4.69, 9.17) is 4.74 Å². The SMILES string of the molecule is COc1ccc(C(CC(=O)NCC(c2ccccc2)N2CCCC2)C2CC2)cc1. The van der Waals surface area contributed by atoms with Crippen molar-refractivity contribution in [3.05, 3.63) is 65.7 Å². The van der Waals surface area contributed by atoms with Crippen LogP contribution in [0, 0.1) is 5.92 Å². The Bertz CT molecular complexity index is 780. The summed E-state index contributed by atoms with van der Waals surface area (Å²) in [6.45, 7) is 2.92. The number of likely N-dealkylation sites (tertiary alicyclic amines) is 1. The van der Waals surface area contributed by atoms with Crippen LogP contribution in [-0.4, -0.2) is 37.6 Å². The molecule has 29 heavy (non-hydrogen) atoms. The van der Waals surface area contributed by atoms with Crippen LogP contribution >= 0.6 is 0 Å². The highest BCUT2D eigenvalue weighted by Crippen LogP contribution is 2.44. The van der Waals surface area contributed by atoms with Gasteiger partial charge in [0.1, 0.15) is 5.75 Å². The summed E-state index contributed by atoms with van der Waals surface area (Å²) in [7, 11) is 1.68. The smallest absolute Gasteiger partial charge is 0.220 e. The van der Waals surface area contributed by atoms with E-state index < -0.39 is 0 Å². The minimum atomic E-state index is 0.165. The number of carbonyl (C=O) groups excluding carboxylic acids is 1. The Morgan fingerprint density at radius 1 is 1.03 bits per heavy atom. The van der Waals surface area contributed by atoms with Crippen molar-refractivity contribution in [3.63, 3.8) is 0 Å². The topological polar surface area (TPSA) is 41.6 Å². The third-order valence-corrected chi connectivity index (χ3v) is 6.40. The lowest BCUT2D eigenvalue weighted by Gasteiger charge is -2.28. The minimum Gasteiger partial charge on any atom is -0.497 e. The molecule has 0 spiro atoms. The van der Waals surface area contributed by atoms with Crippen molar-refractivity contribution < 1.29 is 9.53 Å². The number of hydrogen-bond acceptors (Lipinski definition) is 3. The maximum absolute atomic E-state index is 12.9. The van der Waals surface area contributed by atoms with E-state index in [1.165, 1.54) is 36.8 Å². The van der Waals surface area contributed by atoms with E-state index in [-0.39, 0.29) is 11.9 Å². The Labute approximate surface area is 174 Å². The lowest BCUT2D eigenvalue weighted by Crippen LogP contribution is -2.37. The molecule has 1 aliphatic heterocycles. The second kappa shape index (κ2) is 9.45. The predicted octanol–water partition coefficient (Wildman–Crippen LogP) is 4.53. The van der Waals surface area contributed by atoms with E-state index >= 15 is 0 Å². The molecule has 2 unspecified atom stereocenters. The van der Waals surface area contributed by atoms with Gasteiger partial charge in [-0.3, -0.25) is 9.69 Å². The summed E-state index contributed by atoms with van der Waals surface area (Å²) in [5.74, 6) is 1.97. The van der Waals surface area contributed by atoms with Gasteiger partial charge in [0, 0.05) is 13.0 Å². The second-order valence-electron chi connectivity index (χ2n) is 8.39. The third-order valence-electron chi connectivity index (χ3n) is 6.40. The molecule has 1 amide bonds. The van der Waals surface area contributed by atoms with Crippen LogP contribution in [-0.2, 0) is 4.79 Å². The van der Waals surface area contributed by atoms with Crippen molar-refractivity contribution in [2.45, 2.75) is 44.1 Å².